The minimum absolute atomic E-state index is 0.0339. The highest BCUT2D eigenvalue weighted by atomic mass is 32.2. The Kier molecular flexibility index (Phi) is 7.11. The monoisotopic (exact) mass is 525 g/mol. The van der Waals surface area contributed by atoms with Gasteiger partial charge in [-0.05, 0) is 44.2 Å². The Balaban J connectivity index is 1.41. The van der Waals surface area contributed by atoms with E-state index in [1.165, 1.54) is 23.1 Å². The molecule has 182 valence electrons. The molecule has 6 nitrogen and oxygen atoms in total. The maximum atomic E-state index is 13.5. The summed E-state index contributed by atoms with van der Waals surface area (Å²) in [7, 11) is 0. The van der Waals surface area contributed by atoms with Crippen molar-refractivity contribution in [3.63, 3.8) is 0 Å². The standard InChI is InChI=1S/C26H27N3O3S3/c1-4-9-28-25(31)23-20(22-8-6-11-33-22)14-34-24(23)27-26(28)35-15-21(30)19-12-16(2)29(17(19)3)13-18-7-5-10-32-18/h4,6,8,11-12,14,18H,1,5,7,9-10,13,15H2,2-3H3. The summed E-state index contributed by atoms with van der Waals surface area (Å²) in [6, 6.07) is 5.96. The Morgan fingerprint density at radius 1 is 1.34 bits per heavy atom. The highest BCUT2D eigenvalue weighted by molar-refractivity contribution is 7.99. The molecule has 1 atom stereocenters. The number of hydrogen-bond donors (Lipinski definition) is 0. The number of thiophene rings is 2. The number of rotatable bonds is 9. The van der Waals surface area contributed by atoms with E-state index in [0.29, 0.717) is 21.9 Å². The average Bonchev–Trinajstić information content (AvgIpc) is 3.64. The Hall–Kier alpha value is -2.46. The molecule has 4 aromatic heterocycles. The van der Waals surface area contributed by atoms with Gasteiger partial charge < -0.3 is 9.30 Å². The van der Waals surface area contributed by atoms with Crippen LogP contribution in [0.2, 0.25) is 0 Å². The third-order valence-corrected chi connectivity index (χ3v) is 9.13. The van der Waals surface area contributed by atoms with Gasteiger partial charge in [-0.15, -0.1) is 29.3 Å². The predicted octanol–water partition coefficient (Wildman–Crippen LogP) is 5.94. The van der Waals surface area contributed by atoms with Gasteiger partial charge in [0.05, 0.1) is 17.2 Å². The summed E-state index contributed by atoms with van der Waals surface area (Å²) in [6.07, 6.45) is 4.06. The van der Waals surface area contributed by atoms with E-state index in [0.717, 1.165) is 53.4 Å². The fraction of sp³-hybridized carbons (Fsp3) is 0.346. The van der Waals surface area contributed by atoms with Gasteiger partial charge in [-0.25, -0.2) is 4.98 Å². The minimum atomic E-state index is -0.0933. The first-order valence-electron chi connectivity index (χ1n) is 11.6. The Labute approximate surface area is 216 Å². The molecule has 0 bridgehead atoms. The van der Waals surface area contributed by atoms with Crippen LogP contribution >= 0.6 is 34.4 Å². The molecular weight excluding hydrogens is 499 g/mol. The number of allylic oxidation sites excluding steroid dienone is 1. The number of carbonyl (C=O) groups is 1. The molecule has 35 heavy (non-hydrogen) atoms. The number of ether oxygens (including phenoxy) is 1. The number of ketones is 1. The fourth-order valence-corrected chi connectivity index (χ4v) is 7.28. The van der Waals surface area contributed by atoms with Crippen molar-refractivity contribution in [1.29, 1.82) is 0 Å². The molecule has 0 radical (unpaired) electrons. The molecule has 1 fully saturated rings. The van der Waals surface area contributed by atoms with Gasteiger partial charge in [-0.1, -0.05) is 23.9 Å². The molecular formula is C26H27N3O3S3. The first kappa shape index (κ1) is 24.2. The molecule has 5 rings (SSSR count). The molecule has 0 aromatic carbocycles. The topological polar surface area (TPSA) is 66.1 Å². The Morgan fingerprint density at radius 3 is 2.91 bits per heavy atom. The van der Waals surface area contributed by atoms with Crippen molar-refractivity contribution in [1.82, 2.24) is 14.1 Å². The van der Waals surface area contributed by atoms with Crippen LogP contribution in [0.3, 0.4) is 0 Å². The van der Waals surface area contributed by atoms with Crippen molar-refractivity contribution >= 4 is 50.4 Å². The molecule has 0 amide bonds. The molecule has 1 aliphatic rings. The molecule has 0 saturated carbocycles. The van der Waals surface area contributed by atoms with Gasteiger partial charge in [0.1, 0.15) is 4.83 Å². The van der Waals surface area contributed by atoms with Gasteiger partial charge >= 0.3 is 0 Å². The molecule has 9 heteroatoms. The maximum absolute atomic E-state index is 13.5. The SMILES string of the molecule is C=CCn1c(SCC(=O)c2cc(C)n(CC3CCCO3)c2C)nc2scc(-c3cccs3)c2c1=O. The highest BCUT2D eigenvalue weighted by Gasteiger charge is 2.22. The first-order chi connectivity index (χ1) is 17.0. The molecule has 4 aromatic rings. The van der Waals surface area contributed by atoms with Gasteiger partial charge in [0.15, 0.2) is 10.9 Å². The van der Waals surface area contributed by atoms with Crippen molar-refractivity contribution in [2.24, 2.45) is 0 Å². The van der Waals surface area contributed by atoms with E-state index < -0.39 is 0 Å². The van der Waals surface area contributed by atoms with Gasteiger partial charge in [-0.2, -0.15) is 0 Å². The largest absolute Gasteiger partial charge is 0.376 e. The van der Waals surface area contributed by atoms with E-state index in [-0.39, 0.29) is 23.2 Å². The van der Waals surface area contributed by atoms with E-state index in [2.05, 4.69) is 11.1 Å². The minimum Gasteiger partial charge on any atom is -0.376 e. The third kappa shape index (κ3) is 4.70. The molecule has 0 aliphatic carbocycles. The number of Topliss-reactive ketones (excluding diaryl/α,β-unsaturated/α-hetero) is 1. The van der Waals surface area contributed by atoms with Crippen LogP contribution in [-0.4, -0.2) is 38.4 Å². The van der Waals surface area contributed by atoms with Gasteiger partial charge in [0, 0.05) is 52.5 Å². The summed E-state index contributed by atoms with van der Waals surface area (Å²) >= 11 is 4.38. The number of fused-ring (bicyclic) bond motifs is 1. The van der Waals surface area contributed by atoms with Crippen LogP contribution in [0.5, 0.6) is 0 Å². The predicted molar refractivity (Wildman–Crippen MR) is 145 cm³/mol. The summed E-state index contributed by atoms with van der Waals surface area (Å²) in [5.74, 6) is 0.245. The number of hydrogen-bond acceptors (Lipinski definition) is 7. The molecule has 1 unspecified atom stereocenters. The summed E-state index contributed by atoms with van der Waals surface area (Å²) < 4.78 is 9.60. The summed E-state index contributed by atoms with van der Waals surface area (Å²) in [5.41, 5.74) is 3.58. The summed E-state index contributed by atoms with van der Waals surface area (Å²) in [5, 5.41) is 5.17. The molecule has 5 heterocycles. The van der Waals surface area contributed by atoms with Gasteiger partial charge in [0.25, 0.3) is 5.56 Å². The quantitative estimate of drug-likeness (QED) is 0.117. The fourth-order valence-electron chi connectivity index (χ4n) is 4.58. The number of thioether (sulfide) groups is 1. The molecule has 1 saturated heterocycles. The number of nitrogens with zero attached hydrogens (tertiary/aromatic N) is 3. The van der Waals surface area contributed by atoms with Crippen LogP contribution in [-0.2, 0) is 17.8 Å². The zero-order valence-corrected chi connectivity index (χ0v) is 22.2. The van der Waals surface area contributed by atoms with Crippen LogP contribution in [0.25, 0.3) is 20.7 Å². The van der Waals surface area contributed by atoms with E-state index in [4.69, 9.17) is 9.72 Å². The second kappa shape index (κ2) is 10.3. The number of aromatic nitrogens is 3. The second-order valence-electron chi connectivity index (χ2n) is 8.65. The van der Waals surface area contributed by atoms with Crippen molar-refractivity contribution < 1.29 is 9.53 Å². The van der Waals surface area contributed by atoms with Crippen molar-refractivity contribution in [2.45, 2.75) is 51.0 Å². The maximum Gasteiger partial charge on any atom is 0.263 e. The lowest BCUT2D eigenvalue weighted by atomic mass is 10.2. The van der Waals surface area contributed by atoms with E-state index in [9.17, 15) is 9.59 Å². The average molecular weight is 526 g/mol. The van der Waals surface area contributed by atoms with Crippen molar-refractivity contribution in [3.05, 3.63) is 68.9 Å². The Bertz CT molecular complexity index is 1440. The first-order valence-corrected chi connectivity index (χ1v) is 14.3. The van der Waals surface area contributed by atoms with Crippen LogP contribution in [0.1, 0.15) is 34.6 Å². The van der Waals surface area contributed by atoms with Gasteiger partial charge in [0.2, 0.25) is 0 Å². The van der Waals surface area contributed by atoms with Gasteiger partial charge in [-0.3, -0.25) is 14.2 Å². The third-order valence-electron chi connectivity index (χ3n) is 6.37. The van der Waals surface area contributed by atoms with E-state index in [1.807, 2.05) is 42.8 Å². The normalized spacial score (nSPS) is 15.8. The van der Waals surface area contributed by atoms with Crippen molar-refractivity contribution in [3.8, 4) is 10.4 Å². The smallest absolute Gasteiger partial charge is 0.263 e. The van der Waals surface area contributed by atoms with Crippen LogP contribution in [0.15, 0.2) is 51.6 Å². The van der Waals surface area contributed by atoms with E-state index >= 15 is 0 Å². The number of carbonyl (C=O) groups excluding carboxylic acids is 1. The molecule has 0 N–H and O–H groups in total. The van der Waals surface area contributed by atoms with Crippen LogP contribution in [0.4, 0.5) is 0 Å². The second-order valence-corrected chi connectivity index (χ2v) is 11.4. The lowest BCUT2D eigenvalue weighted by molar-refractivity contribution is 0.0957. The zero-order chi connectivity index (χ0) is 24.5. The Morgan fingerprint density at radius 2 is 2.20 bits per heavy atom. The molecule has 1 aliphatic heterocycles. The molecule has 0 spiro atoms. The highest BCUT2D eigenvalue weighted by Crippen LogP contribution is 2.34. The van der Waals surface area contributed by atoms with Crippen LogP contribution in [0, 0.1) is 13.8 Å². The zero-order valence-electron chi connectivity index (χ0n) is 19.8. The lowest BCUT2D eigenvalue weighted by Gasteiger charge is -2.15. The van der Waals surface area contributed by atoms with Crippen LogP contribution < -0.4 is 5.56 Å². The van der Waals surface area contributed by atoms with Crippen molar-refractivity contribution in [2.75, 3.05) is 12.4 Å². The van der Waals surface area contributed by atoms with E-state index in [1.54, 1.807) is 22.0 Å². The lowest BCUT2D eigenvalue weighted by Crippen LogP contribution is -2.23. The summed E-state index contributed by atoms with van der Waals surface area (Å²) in [4.78, 5) is 33.2. The summed E-state index contributed by atoms with van der Waals surface area (Å²) in [6.45, 7) is 9.78. The number of aryl methyl sites for hydroxylation is 1.